The minimum absolute atomic E-state index is 0.0916. The number of phenolic OH excluding ortho intramolecular Hbond substituents is 1. The summed E-state index contributed by atoms with van der Waals surface area (Å²) in [5, 5.41) is 9.41. The third-order valence-corrected chi connectivity index (χ3v) is 3.15. The number of rotatable bonds is 1. The largest absolute Gasteiger partial charge is 0.508 e. The number of carbonyl (C=O) groups is 1. The number of benzene rings is 2. The van der Waals surface area contributed by atoms with Crippen LogP contribution in [-0.2, 0) is 6.42 Å². The standard InChI is InChI=1S/C16H12O2/c17-14-6-3-4-11(9-14)8-13-10-12-5-1-2-7-15(12)16(13)18/h1-9,17H,10H2/b13-8+. The maximum atomic E-state index is 12.2. The first kappa shape index (κ1) is 10.8. The lowest BCUT2D eigenvalue weighted by Gasteiger charge is -1.97. The van der Waals surface area contributed by atoms with Gasteiger partial charge >= 0.3 is 0 Å². The molecule has 1 aliphatic carbocycles. The Morgan fingerprint density at radius 3 is 2.67 bits per heavy atom. The first-order valence-electron chi connectivity index (χ1n) is 5.86. The van der Waals surface area contributed by atoms with Gasteiger partial charge in [-0.3, -0.25) is 4.79 Å². The Morgan fingerprint density at radius 1 is 1.06 bits per heavy atom. The lowest BCUT2D eigenvalue weighted by Crippen LogP contribution is -1.94. The fourth-order valence-corrected chi connectivity index (χ4v) is 2.29. The van der Waals surface area contributed by atoms with Gasteiger partial charge in [-0.2, -0.15) is 0 Å². The number of hydrogen-bond acceptors (Lipinski definition) is 2. The van der Waals surface area contributed by atoms with E-state index in [0.29, 0.717) is 6.42 Å². The van der Waals surface area contributed by atoms with E-state index < -0.39 is 0 Å². The van der Waals surface area contributed by atoms with Crippen LogP contribution in [0.2, 0.25) is 0 Å². The van der Waals surface area contributed by atoms with Crippen molar-refractivity contribution in [3.63, 3.8) is 0 Å². The Labute approximate surface area is 105 Å². The number of hydrogen-bond donors (Lipinski definition) is 1. The second kappa shape index (κ2) is 4.15. The molecule has 0 aromatic heterocycles. The fraction of sp³-hybridized carbons (Fsp3) is 0.0625. The van der Waals surface area contributed by atoms with E-state index >= 15 is 0 Å². The minimum atomic E-state index is 0.0916. The van der Waals surface area contributed by atoms with Crippen molar-refractivity contribution >= 4 is 11.9 Å². The molecule has 0 saturated carbocycles. The highest BCUT2D eigenvalue weighted by Gasteiger charge is 2.23. The van der Waals surface area contributed by atoms with Gasteiger partial charge in [-0.15, -0.1) is 0 Å². The Balaban J connectivity index is 1.99. The van der Waals surface area contributed by atoms with E-state index in [2.05, 4.69) is 0 Å². The Bertz CT molecular complexity index is 654. The lowest BCUT2D eigenvalue weighted by atomic mass is 10.1. The van der Waals surface area contributed by atoms with Gasteiger partial charge in [-0.25, -0.2) is 0 Å². The van der Waals surface area contributed by atoms with Gasteiger partial charge in [-0.1, -0.05) is 36.4 Å². The smallest absolute Gasteiger partial charge is 0.189 e. The summed E-state index contributed by atoms with van der Waals surface area (Å²) in [5.74, 6) is 0.307. The number of allylic oxidation sites excluding steroid dienone is 1. The molecule has 0 radical (unpaired) electrons. The van der Waals surface area contributed by atoms with Crippen LogP contribution in [0.4, 0.5) is 0 Å². The molecule has 0 heterocycles. The van der Waals surface area contributed by atoms with Gasteiger partial charge < -0.3 is 5.11 Å². The summed E-state index contributed by atoms with van der Waals surface area (Å²) >= 11 is 0. The summed E-state index contributed by atoms with van der Waals surface area (Å²) < 4.78 is 0. The Kier molecular flexibility index (Phi) is 2.49. The molecule has 2 aromatic rings. The zero-order valence-electron chi connectivity index (χ0n) is 9.76. The molecule has 0 saturated heterocycles. The Morgan fingerprint density at radius 2 is 1.89 bits per heavy atom. The monoisotopic (exact) mass is 236 g/mol. The molecule has 0 fully saturated rings. The van der Waals surface area contributed by atoms with Gasteiger partial charge in [0, 0.05) is 17.6 Å². The van der Waals surface area contributed by atoms with Crippen LogP contribution >= 0.6 is 0 Å². The molecule has 0 atom stereocenters. The maximum Gasteiger partial charge on any atom is 0.189 e. The van der Waals surface area contributed by atoms with E-state index in [1.807, 2.05) is 36.4 Å². The molecular formula is C16H12O2. The number of ketones is 1. The van der Waals surface area contributed by atoms with Crippen molar-refractivity contribution in [1.82, 2.24) is 0 Å². The molecule has 88 valence electrons. The third kappa shape index (κ3) is 1.82. The van der Waals surface area contributed by atoms with Crippen LogP contribution in [0.3, 0.4) is 0 Å². The minimum Gasteiger partial charge on any atom is -0.508 e. The molecule has 2 aromatic carbocycles. The van der Waals surface area contributed by atoms with Crippen LogP contribution < -0.4 is 0 Å². The SMILES string of the molecule is O=C1/C(=C/c2cccc(O)c2)Cc2ccccc21. The van der Waals surface area contributed by atoms with Crippen LogP contribution in [0.1, 0.15) is 21.5 Å². The second-order valence-corrected chi connectivity index (χ2v) is 4.43. The van der Waals surface area contributed by atoms with Gasteiger partial charge in [-0.05, 0) is 29.3 Å². The van der Waals surface area contributed by atoms with E-state index in [1.165, 1.54) is 0 Å². The number of phenols is 1. The van der Waals surface area contributed by atoms with Crippen LogP contribution in [-0.4, -0.2) is 10.9 Å². The fourth-order valence-electron chi connectivity index (χ4n) is 2.29. The van der Waals surface area contributed by atoms with Crippen molar-refractivity contribution in [3.05, 3.63) is 70.8 Å². The summed E-state index contributed by atoms with van der Waals surface area (Å²) in [4.78, 5) is 12.2. The van der Waals surface area contributed by atoms with E-state index in [9.17, 15) is 9.90 Å². The lowest BCUT2D eigenvalue weighted by molar-refractivity contribution is 0.104. The van der Waals surface area contributed by atoms with Crippen LogP contribution in [0, 0.1) is 0 Å². The molecule has 2 heteroatoms. The number of fused-ring (bicyclic) bond motifs is 1. The Hall–Kier alpha value is -2.35. The maximum absolute atomic E-state index is 12.2. The second-order valence-electron chi connectivity index (χ2n) is 4.43. The molecule has 2 nitrogen and oxygen atoms in total. The van der Waals surface area contributed by atoms with E-state index in [0.717, 1.165) is 22.3 Å². The summed E-state index contributed by atoms with van der Waals surface area (Å²) in [6, 6.07) is 14.6. The van der Waals surface area contributed by atoms with E-state index in [-0.39, 0.29) is 11.5 Å². The number of carbonyl (C=O) groups excluding carboxylic acids is 1. The summed E-state index contributed by atoms with van der Waals surface area (Å²) in [7, 11) is 0. The van der Waals surface area contributed by atoms with Crippen LogP contribution in [0.5, 0.6) is 5.75 Å². The first-order valence-corrected chi connectivity index (χ1v) is 5.86. The molecule has 18 heavy (non-hydrogen) atoms. The van der Waals surface area contributed by atoms with Crippen molar-refractivity contribution in [2.75, 3.05) is 0 Å². The van der Waals surface area contributed by atoms with Gasteiger partial charge in [0.2, 0.25) is 0 Å². The number of Topliss-reactive ketones (excluding diaryl/α,β-unsaturated/α-hetero) is 1. The third-order valence-electron chi connectivity index (χ3n) is 3.15. The zero-order valence-corrected chi connectivity index (χ0v) is 9.76. The average molecular weight is 236 g/mol. The highest BCUT2D eigenvalue weighted by atomic mass is 16.3. The quantitative estimate of drug-likeness (QED) is 0.772. The molecule has 0 amide bonds. The topological polar surface area (TPSA) is 37.3 Å². The van der Waals surface area contributed by atoms with Crippen molar-refractivity contribution in [1.29, 1.82) is 0 Å². The number of aromatic hydroxyl groups is 1. The molecular weight excluding hydrogens is 224 g/mol. The molecule has 3 rings (SSSR count). The highest BCUT2D eigenvalue weighted by molar-refractivity contribution is 6.15. The normalized spacial score (nSPS) is 16.0. The van der Waals surface area contributed by atoms with Crippen molar-refractivity contribution in [2.24, 2.45) is 0 Å². The van der Waals surface area contributed by atoms with Crippen molar-refractivity contribution < 1.29 is 9.90 Å². The molecule has 0 aliphatic heterocycles. The van der Waals surface area contributed by atoms with Crippen LogP contribution in [0.25, 0.3) is 6.08 Å². The predicted molar refractivity (Wildman–Crippen MR) is 70.6 cm³/mol. The van der Waals surface area contributed by atoms with Crippen molar-refractivity contribution in [3.8, 4) is 5.75 Å². The van der Waals surface area contributed by atoms with Gasteiger partial charge in [0.25, 0.3) is 0 Å². The summed E-state index contributed by atoms with van der Waals surface area (Å²) in [6.45, 7) is 0. The molecule has 1 aliphatic rings. The van der Waals surface area contributed by atoms with Gasteiger partial charge in [0.1, 0.15) is 5.75 Å². The average Bonchev–Trinajstić information content (AvgIpc) is 2.67. The molecule has 0 bridgehead atoms. The predicted octanol–water partition coefficient (Wildman–Crippen LogP) is 3.21. The highest BCUT2D eigenvalue weighted by Crippen LogP contribution is 2.27. The van der Waals surface area contributed by atoms with Crippen LogP contribution in [0.15, 0.2) is 54.1 Å². The van der Waals surface area contributed by atoms with Gasteiger partial charge in [0.15, 0.2) is 5.78 Å². The van der Waals surface area contributed by atoms with Gasteiger partial charge in [0.05, 0.1) is 0 Å². The summed E-state index contributed by atoms with van der Waals surface area (Å²) in [6.07, 6.45) is 2.52. The molecule has 1 N–H and O–H groups in total. The van der Waals surface area contributed by atoms with Crippen molar-refractivity contribution in [2.45, 2.75) is 6.42 Å². The first-order chi connectivity index (χ1) is 8.74. The molecule has 0 unspecified atom stereocenters. The molecule has 0 spiro atoms. The van der Waals surface area contributed by atoms with E-state index in [4.69, 9.17) is 0 Å². The zero-order chi connectivity index (χ0) is 12.5. The van der Waals surface area contributed by atoms with E-state index in [1.54, 1.807) is 18.2 Å². The summed E-state index contributed by atoms with van der Waals surface area (Å²) in [5.41, 5.74) is 3.51.